The smallest absolute Gasteiger partial charge is 0.410 e. The van der Waals surface area contributed by atoms with Crippen molar-refractivity contribution < 1.29 is 9.53 Å². The molecule has 1 amide bonds. The van der Waals surface area contributed by atoms with Gasteiger partial charge in [0.15, 0.2) is 0 Å². The molecule has 2 aliphatic carbocycles. The Balaban J connectivity index is 1.42. The van der Waals surface area contributed by atoms with Gasteiger partial charge < -0.3 is 4.74 Å². The van der Waals surface area contributed by atoms with Gasteiger partial charge in [0, 0.05) is 6.20 Å². The van der Waals surface area contributed by atoms with Crippen LogP contribution in [-0.4, -0.2) is 28.1 Å². The maximum absolute atomic E-state index is 12.2. The number of nitrogens with zero attached hydrogens (tertiary/aromatic N) is 2. The largest absolute Gasteiger partial charge is 0.441 e. The fourth-order valence-electron chi connectivity index (χ4n) is 4.28. The van der Waals surface area contributed by atoms with Crippen molar-refractivity contribution in [2.75, 3.05) is 6.54 Å². The van der Waals surface area contributed by atoms with Gasteiger partial charge in [0.2, 0.25) is 0 Å². The van der Waals surface area contributed by atoms with Crippen LogP contribution in [0.25, 0.3) is 5.57 Å². The van der Waals surface area contributed by atoms with Crippen molar-refractivity contribution >= 4 is 11.7 Å². The molecular weight excluding hydrogens is 300 g/mol. The van der Waals surface area contributed by atoms with Crippen LogP contribution >= 0.6 is 0 Å². The summed E-state index contributed by atoms with van der Waals surface area (Å²) in [6.45, 7) is 1.28. The number of pyridine rings is 1. The second kappa shape index (κ2) is 6.58. The molecule has 1 spiro atoms. The number of rotatable bonds is 3. The minimum atomic E-state index is -0.220. The summed E-state index contributed by atoms with van der Waals surface area (Å²) in [4.78, 5) is 18.7. The molecule has 1 aromatic heterocycles. The second-order valence-corrected chi connectivity index (χ2v) is 7.48. The van der Waals surface area contributed by atoms with Crippen LogP contribution in [0.3, 0.4) is 0 Å². The van der Waals surface area contributed by atoms with Crippen LogP contribution in [0.2, 0.25) is 0 Å². The maximum atomic E-state index is 12.2. The molecule has 128 valence electrons. The van der Waals surface area contributed by atoms with Gasteiger partial charge in [-0.1, -0.05) is 18.6 Å². The van der Waals surface area contributed by atoms with Crippen LogP contribution in [0.15, 0.2) is 24.4 Å². The van der Waals surface area contributed by atoms with Crippen molar-refractivity contribution in [3.8, 4) is 0 Å². The Morgan fingerprint density at radius 2 is 2.00 bits per heavy atom. The molecule has 3 aliphatic rings. The lowest BCUT2D eigenvalue weighted by atomic mass is 9.85. The summed E-state index contributed by atoms with van der Waals surface area (Å²) in [5, 5.41) is 0. The van der Waals surface area contributed by atoms with E-state index in [0.717, 1.165) is 31.5 Å². The normalized spacial score (nSPS) is 23.2. The monoisotopic (exact) mass is 326 g/mol. The van der Waals surface area contributed by atoms with E-state index >= 15 is 0 Å². The molecule has 4 heteroatoms. The third-order valence-electron chi connectivity index (χ3n) is 5.65. The lowest BCUT2D eigenvalue weighted by molar-refractivity contribution is 0.0260. The van der Waals surface area contributed by atoms with E-state index < -0.39 is 0 Å². The third kappa shape index (κ3) is 3.19. The molecule has 1 aromatic rings. The average molecular weight is 326 g/mol. The molecule has 0 unspecified atom stereocenters. The minimum absolute atomic E-state index is 0.169. The number of hydrogen-bond acceptors (Lipinski definition) is 3. The molecule has 4 nitrogen and oxygen atoms in total. The highest BCUT2D eigenvalue weighted by atomic mass is 16.6. The number of aromatic nitrogens is 1. The molecule has 24 heavy (non-hydrogen) atoms. The van der Waals surface area contributed by atoms with Gasteiger partial charge in [-0.2, -0.15) is 0 Å². The van der Waals surface area contributed by atoms with Gasteiger partial charge in [-0.05, 0) is 68.6 Å². The van der Waals surface area contributed by atoms with E-state index in [-0.39, 0.29) is 11.7 Å². The Bertz CT molecular complexity index is 630. The number of carbonyl (C=O) groups excluding carboxylic acids is 1. The van der Waals surface area contributed by atoms with Crippen molar-refractivity contribution in [3.05, 3.63) is 35.7 Å². The van der Waals surface area contributed by atoms with E-state index in [2.05, 4.69) is 23.2 Å². The fraction of sp³-hybridized carbons (Fsp3) is 0.600. The molecule has 4 rings (SSSR count). The first-order chi connectivity index (χ1) is 11.7. The topological polar surface area (TPSA) is 42.4 Å². The summed E-state index contributed by atoms with van der Waals surface area (Å²) in [7, 11) is 0. The van der Waals surface area contributed by atoms with Crippen LogP contribution in [0, 0.1) is 0 Å². The van der Waals surface area contributed by atoms with Gasteiger partial charge in [0.1, 0.15) is 5.60 Å². The van der Waals surface area contributed by atoms with Crippen molar-refractivity contribution in [2.45, 2.75) is 69.9 Å². The summed E-state index contributed by atoms with van der Waals surface area (Å²) in [6.07, 6.45) is 14.7. The number of hydrogen-bond donors (Lipinski definition) is 0. The average Bonchev–Trinajstić information content (AvgIpc) is 2.91. The SMILES string of the molecule is O=C1OC2(CCCCC2)CN1Cc1ccc(C2=CCCCC2)cn1. The fourth-order valence-corrected chi connectivity index (χ4v) is 4.28. The van der Waals surface area contributed by atoms with E-state index in [1.807, 2.05) is 11.1 Å². The number of ether oxygens (including phenoxy) is 1. The van der Waals surface area contributed by atoms with E-state index in [0.29, 0.717) is 6.54 Å². The molecule has 0 aromatic carbocycles. The predicted molar refractivity (Wildman–Crippen MR) is 93.4 cm³/mol. The van der Waals surface area contributed by atoms with Crippen LogP contribution in [-0.2, 0) is 11.3 Å². The Kier molecular flexibility index (Phi) is 4.30. The van der Waals surface area contributed by atoms with Crippen molar-refractivity contribution in [1.29, 1.82) is 0 Å². The molecule has 0 atom stereocenters. The van der Waals surface area contributed by atoms with Gasteiger partial charge >= 0.3 is 6.09 Å². The molecule has 0 N–H and O–H groups in total. The number of amides is 1. The Morgan fingerprint density at radius 1 is 1.12 bits per heavy atom. The molecule has 1 aliphatic heterocycles. The molecule has 2 fully saturated rings. The maximum Gasteiger partial charge on any atom is 0.410 e. The van der Waals surface area contributed by atoms with E-state index in [1.54, 1.807) is 0 Å². The lowest BCUT2D eigenvalue weighted by Crippen LogP contribution is -2.36. The van der Waals surface area contributed by atoms with Crippen molar-refractivity contribution in [3.63, 3.8) is 0 Å². The standard InChI is InChI=1S/C20H26N2O2/c23-19-22(15-20(24-19)11-5-2-6-12-20)14-18-10-9-17(13-21-18)16-7-3-1-4-8-16/h7,9-10,13H,1-6,8,11-12,14-15H2. The first-order valence-corrected chi connectivity index (χ1v) is 9.36. The Morgan fingerprint density at radius 3 is 2.71 bits per heavy atom. The zero-order valence-electron chi connectivity index (χ0n) is 14.3. The molecular formula is C20H26N2O2. The number of carbonyl (C=O) groups is 1. The summed E-state index contributed by atoms with van der Waals surface area (Å²) in [5.41, 5.74) is 3.37. The Hall–Kier alpha value is -1.84. The molecule has 1 saturated carbocycles. The highest BCUT2D eigenvalue weighted by Crippen LogP contribution is 2.37. The van der Waals surface area contributed by atoms with Gasteiger partial charge in [-0.3, -0.25) is 9.88 Å². The summed E-state index contributed by atoms with van der Waals surface area (Å²) in [5.74, 6) is 0. The van der Waals surface area contributed by atoms with Gasteiger partial charge in [-0.25, -0.2) is 4.79 Å². The van der Waals surface area contributed by atoms with Crippen LogP contribution in [0.5, 0.6) is 0 Å². The Labute approximate surface area is 143 Å². The van der Waals surface area contributed by atoms with E-state index in [9.17, 15) is 4.79 Å². The minimum Gasteiger partial charge on any atom is -0.441 e. The van der Waals surface area contributed by atoms with Crippen LogP contribution in [0.1, 0.15) is 69.0 Å². The quantitative estimate of drug-likeness (QED) is 0.809. The molecule has 1 saturated heterocycles. The van der Waals surface area contributed by atoms with E-state index in [4.69, 9.17) is 4.74 Å². The third-order valence-corrected chi connectivity index (χ3v) is 5.65. The first-order valence-electron chi connectivity index (χ1n) is 9.36. The highest BCUT2D eigenvalue weighted by Gasteiger charge is 2.45. The predicted octanol–water partition coefficient (Wildman–Crippen LogP) is 4.69. The van der Waals surface area contributed by atoms with E-state index in [1.165, 1.54) is 49.7 Å². The van der Waals surface area contributed by atoms with Crippen LogP contribution < -0.4 is 0 Å². The van der Waals surface area contributed by atoms with Gasteiger partial charge in [0.25, 0.3) is 0 Å². The molecule has 0 radical (unpaired) electrons. The molecule has 0 bridgehead atoms. The van der Waals surface area contributed by atoms with Crippen molar-refractivity contribution in [1.82, 2.24) is 9.88 Å². The molecule has 2 heterocycles. The second-order valence-electron chi connectivity index (χ2n) is 7.48. The van der Waals surface area contributed by atoms with Gasteiger partial charge in [-0.15, -0.1) is 0 Å². The highest BCUT2D eigenvalue weighted by molar-refractivity contribution is 5.71. The summed E-state index contributed by atoms with van der Waals surface area (Å²) < 4.78 is 5.74. The zero-order valence-corrected chi connectivity index (χ0v) is 14.3. The summed E-state index contributed by atoms with van der Waals surface area (Å²) >= 11 is 0. The van der Waals surface area contributed by atoms with Crippen LogP contribution in [0.4, 0.5) is 4.79 Å². The summed E-state index contributed by atoms with van der Waals surface area (Å²) in [6, 6.07) is 4.21. The number of allylic oxidation sites excluding steroid dienone is 2. The van der Waals surface area contributed by atoms with Crippen molar-refractivity contribution in [2.24, 2.45) is 0 Å². The zero-order chi connectivity index (χ0) is 16.4. The lowest BCUT2D eigenvalue weighted by Gasteiger charge is -2.30. The van der Waals surface area contributed by atoms with Gasteiger partial charge in [0.05, 0.1) is 18.8 Å². The first kappa shape index (κ1) is 15.7.